The zero-order chi connectivity index (χ0) is 18.1. The van der Waals surface area contributed by atoms with Gasteiger partial charge in [0.15, 0.2) is 0 Å². The number of aromatic amines is 1. The Labute approximate surface area is 140 Å². The van der Waals surface area contributed by atoms with E-state index in [0.717, 1.165) is 30.5 Å². The molecule has 8 nitrogen and oxygen atoms in total. The zero-order valence-corrected chi connectivity index (χ0v) is 14.3. The van der Waals surface area contributed by atoms with Gasteiger partial charge < -0.3 is 15.6 Å². The lowest BCUT2D eigenvalue weighted by atomic mass is 9.85. The molecule has 1 aliphatic rings. The van der Waals surface area contributed by atoms with E-state index in [1.165, 1.54) is 10.9 Å². The number of carbonyl (C=O) groups is 1. The number of nitrogens with two attached hydrogens (primary N) is 1. The molecule has 0 spiro atoms. The summed E-state index contributed by atoms with van der Waals surface area (Å²) in [6.07, 6.45) is 3.99. The molecule has 0 saturated heterocycles. The number of nitrogens with zero attached hydrogens (tertiary/aromatic N) is 1. The number of H-pyrrole nitrogens is 1. The molecule has 5 N–H and O–H groups in total. The Kier molecular flexibility index (Phi) is 5.29. The highest BCUT2D eigenvalue weighted by molar-refractivity contribution is 7.79. The van der Waals surface area contributed by atoms with Gasteiger partial charge in [-0.25, -0.2) is 0 Å². The predicted octanol–water partition coefficient (Wildman–Crippen LogP) is 1.03. The van der Waals surface area contributed by atoms with Crippen LogP contribution >= 0.6 is 0 Å². The monoisotopic (exact) mass is 355 g/mol. The molecule has 0 bridgehead atoms. The Morgan fingerprint density at radius 2 is 2.00 bits per heavy atom. The molecular weight excluding hydrogens is 334 g/mol. The van der Waals surface area contributed by atoms with Gasteiger partial charge in [-0.2, -0.15) is 8.42 Å². The molecule has 0 radical (unpaired) electrons. The summed E-state index contributed by atoms with van der Waals surface area (Å²) in [6, 6.07) is 4.23. The number of primary amides is 1. The molecule has 0 aliphatic heterocycles. The summed E-state index contributed by atoms with van der Waals surface area (Å²) in [4.78, 5) is 17.3. The normalized spacial score (nSPS) is 16.8. The number of likely N-dealkylation sites (N-methyl/N-ethyl adjacent to an activating group) is 1. The van der Waals surface area contributed by atoms with Gasteiger partial charge in [-0.1, -0.05) is 6.92 Å². The van der Waals surface area contributed by atoms with Gasteiger partial charge in [-0.15, -0.1) is 0 Å². The molecule has 1 amide bonds. The minimum Gasteiger partial charge on any atom is -0.366 e. The van der Waals surface area contributed by atoms with E-state index >= 15 is 0 Å². The minimum absolute atomic E-state index is 0.330. The summed E-state index contributed by atoms with van der Waals surface area (Å²) in [5, 5.41) is 1.21. The van der Waals surface area contributed by atoms with Crippen LogP contribution in [0.25, 0.3) is 10.9 Å². The fourth-order valence-electron chi connectivity index (χ4n) is 3.11. The first-order valence-corrected chi connectivity index (χ1v) is 8.83. The third-order valence-electron chi connectivity index (χ3n) is 4.32. The van der Waals surface area contributed by atoms with Crippen molar-refractivity contribution in [2.24, 2.45) is 5.73 Å². The lowest BCUT2D eigenvalue weighted by Gasteiger charge is -2.31. The molecule has 1 heterocycles. The van der Waals surface area contributed by atoms with Crippen molar-refractivity contribution >= 4 is 27.2 Å². The Morgan fingerprint density at radius 3 is 2.54 bits per heavy atom. The summed E-state index contributed by atoms with van der Waals surface area (Å²) in [5.41, 5.74) is 9.69. The summed E-state index contributed by atoms with van der Waals surface area (Å²) in [7, 11) is -2.54. The number of benzene rings is 1. The van der Waals surface area contributed by atoms with Gasteiger partial charge in [0.2, 0.25) is 5.91 Å². The highest BCUT2D eigenvalue weighted by Crippen LogP contribution is 2.33. The summed E-state index contributed by atoms with van der Waals surface area (Å²) >= 11 is 0. The van der Waals surface area contributed by atoms with Crippen molar-refractivity contribution in [3.8, 4) is 0 Å². The first kappa shape index (κ1) is 18.4. The highest BCUT2D eigenvalue weighted by atomic mass is 32.3. The van der Waals surface area contributed by atoms with Gasteiger partial charge in [-0.3, -0.25) is 13.9 Å². The fraction of sp³-hybridized carbons (Fsp3) is 0.400. The molecule has 2 aromatic rings. The molecule has 1 aromatic heterocycles. The van der Waals surface area contributed by atoms with Gasteiger partial charge in [0.25, 0.3) is 0 Å². The molecule has 3 rings (SSSR count). The molecule has 24 heavy (non-hydrogen) atoms. The second-order valence-corrected chi connectivity index (χ2v) is 6.67. The van der Waals surface area contributed by atoms with Crippen LogP contribution in [0.4, 0.5) is 0 Å². The number of hydrogen-bond donors (Lipinski definition) is 4. The van der Waals surface area contributed by atoms with Crippen LogP contribution in [0.5, 0.6) is 0 Å². The van der Waals surface area contributed by atoms with Gasteiger partial charge in [0, 0.05) is 28.7 Å². The van der Waals surface area contributed by atoms with E-state index in [1.807, 2.05) is 12.1 Å². The maximum atomic E-state index is 11.6. The number of carbonyl (C=O) groups excluding carboxylic acids is 1. The SMILES string of the molecule is CCN(C)C1Cc2c[nH]c3ccc(C(N)=O)c(c23)C1.O=S(=O)(O)O. The quantitative estimate of drug-likeness (QED) is 0.607. The highest BCUT2D eigenvalue weighted by Gasteiger charge is 2.27. The van der Waals surface area contributed by atoms with Crippen molar-refractivity contribution in [2.75, 3.05) is 13.6 Å². The molecule has 0 fully saturated rings. The van der Waals surface area contributed by atoms with E-state index in [1.54, 1.807) is 0 Å². The Morgan fingerprint density at radius 1 is 1.38 bits per heavy atom. The lowest BCUT2D eigenvalue weighted by molar-refractivity contribution is 0.0999. The van der Waals surface area contributed by atoms with Gasteiger partial charge in [0.05, 0.1) is 0 Å². The third-order valence-corrected chi connectivity index (χ3v) is 4.32. The van der Waals surface area contributed by atoms with Crippen LogP contribution in [-0.4, -0.2) is 52.9 Å². The summed E-state index contributed by atoms with van der Waals surface area (Å²) < 4.78 is 31.6. The minimum atomic E-state index is -4.67. The number of amides is 1. The van der Waals surface area contributed by atoms with E-state index in [2.05, 4.69) is 30.1 Å². The maximum Gasteiger partial charge on any atom is 0.394 e. The number of rotatable bonds is 3. The van der Waals surface area contributed by atoms with Gasteiger partial charge >= 0.3 is 10.4 Å². The Bertz CT molecular complexity index is 851. The molecule has 1 atom stereocenters. The van der Waals surface area contributed by atoms with Crippen LogP contribution in [0.2, 0.25) is 0 Å². The first-order chi connectivity index (χ1) is 11.1. The van der Waals surface area contributed by atoms with E-state index in [9.17, 15) is 4.79 Å². The first-order valence-electron chi connectivity index (χ1n) is 7.43. The van der Waals surface area contributed by atoms with E-state index in [-0.39, 0.29) is 5.91 Å². The second-order valence-electron chi connectivity index (χ2n) is 5.78. The Hall–Kier alpha value is -1.94. The van der Waals surface area contributed by atoms with Crippen LogP contribution in [0, 0.1) is 0 Å². The van der Waals surface area contributed by atoms with E-state index in [4.69, 9.17) is 23.3 Å². The van der Waals surface area contributed by atoms with Crippen molar-refractivity contribution in [1.29, 1.82) is 0 Å². The van der Waals surface area contributed by atoms with Crippen molar-refractivity contribution in [3.63, 3.8) is 0 Å². The van der Waals surface area contributed by atoms with Crippen LogP contribution in [0.3, 0.4) is 0 Å². The van der Waals surface area contributed by atoms with Crippen molar-refractivity contribution < 1.29 is 22.3 Å². The average Bonchev–Trinajstić information content (AvgIpc) is 2.89. The standard InChI is InChI=1S/C15H19N3O.H2O4S/c1-3-18(2)10-6-9-8-17-13-5-4-11(15(16)19)12(7-10)14(9)13;1-5(2,3)4/h4-5,8,10,17H,3,6-7H2,1-2H3,(H2,16,19);(H2,1,2,3,4). The van der Waals surface area contributed by atoms with E-state index < -0.39 is 10.4 Å². The maximum absolute atomic E-state index is 11.6. The second kappa shape index (κ2) is 6.89. The largest absolute Gasteiger partial charge is 0.394 e. The zero-order valence-electron chi connectivity index (χ0n) is 13.5. The lowest BCUT2D eigenvalue weighted by Crippen LogP contribution is -2.37. The van der Waals surface area contributed by atoms with Crippen LogP contribution in [-0.2, 0) is 23.2 Å². The Balaban J connectivity index is 0.000000368. The predicted molar refractivity (Wildman–Crippen MR) is 90.5 cm³/mol. The molecule has 1 unspecified atom stereocenters. The molecular formula is C15H21N3O5S. The van der Waals surface area contributed by atoms with Crippen molar-refractivity contribution in [3.05, 3.63) is 35.0 Å². The number of hydrogen-bond acceptors (Lipinski definition) is 4. The molecule has 0 saturated carbocycles. The number of aromatic nitrogens is 1. The average molecular weight is 355 g/mol. The molecule has 132 valence electrons. The molecule has 9 heteroatoms. The topological polar surface area (TPSA) is 137 Å². The summed E-state index contributed by atoms with van der Waals surface area (Å²) in [5.74, 6) is -0.330. The van der Waals surface area contributed by atoms with E-state index in [0.29, 0.717) is 11.6 Å². The van der Waals surface area contributed by atoms with Crippen molar-refractivity contribution in [2.45, 2.75) is 25.8 Å². The van der Waals surface area contributed by atoms with Gasteiger partial charge in [0.1, 0.15) is 0 Å². The molecule has 1 aromatic carbocycles. The fourth-order valence-corrected chi connectivity index (χ4v) is 3.11. The smallest absolute Gasteiger partial charge is 0.366 e. The van der Waals surface area contributed by atoms with Crippen LogP contribution < -0.4 is 5.73 Å². The third kappa shape index (κ3) is 4.12. The number of nitrogens with one attached hydrogen (secondary N) is 1. The van der Waals surface area contributed by atoms with Crippen LogP contribution in [0.1, 0.15) is 28.4 Å². The molecule has 1 aliphatic carbocycles. The van der Waals surface area contributed by atoms with Gasteiger partial charge in [-0.05, 0) is 49.7 Å². The van der Waals surface area contributed by atoms with Crippen LogP contribution in [0.15, 0.2) is 18.3 Å². The summed E-state index contributed by atoms with van der Waals surface area (Å²) in [6.45, 7) is 3.16. The van der Waals surface area contributed by atoms with Crippen molar-refractivity contribution in [1.82, 2.24) is 9.88 Å².